The van der Waals surface area contributed by atoms with E-state index in [2.05, 4.69) is 71.0 Å². The lowest BCUT2D eigenvalue weighted by atomic mass is 9.71. The maximum Gasteiger partial charge on any atom is 0.310 e. The van der Waals surface area contributed by atoms with Crippen LogP contribution in [0.3, 0.4) is 0 Å². The van der Waals surface area contributed by atoms with Gasteiger partial charge in [0, 0.05) is 0 Å². The van der Waals surface area contributed by atoms with Gasteiger partial charge in [-0.3, -0.25) is 4.79 Å². The largest absolute Gasteiger partial charge is 0.481 e. The standard InChI is InChI=1S/C28H40O2/c1-6-7-8-9-10-11-16-28(27(29)30,19-25-14-12-21(2)17-23(25)4)20-26-15-13-22(3)18-24(26)5/h12-15,17-18H,6-11,16,19-20H2,1-5H3,(H,29,30). The SMILES string of the molecule is CCCCCCCCC(Cc1ccc(C)cc1C)(Cc1ccc(C)cc1C)C(=O)O. The van der Waals surface area contributed by atoms with Crippen LogP contribution in [0.1, 0.15) is 85.3 Å². The van der Waals surface area contributed by atoms with E-state index in [0.29, 0.717) is 12.8 Å². The molecule has 0 aliphatic carbocycles. The number of unbranched alkanes of at least 4 members (excludes halogenated alkanes) is 5. The van der Waals surface area contributed by atoms with Gasteiger partial charge in [0.05, 0.1) is 5.41 Å². The molecule has 2 heteroatoms. The molecule has 0 atom stereocenters. The Bertz CT molecular complexity index is 781. The number of benzene rings is 2. The van der Waals surface area contributed by atoms with Crippen LogP contribution < -0.4 is 0 Å². The van der Waals surface area contributed by atoms with Gasteiger partial charge in [0.15, 0.2) is 0 Å². The molecule has 0 saturated heterocycles. The zero-order valence-electron chi connectivity index (χ0n) is 19.7. The van der Waals surface area contributed by atoms with Crippen molar-refractivity contribution in [3.8, 4) is 0 Å². The topological polar surface area (TPSA) is 37.3 Å². The van der Waals surface area contributed by atoms with Gasteiger partial charge in [-0.25, -0.2) is 0 Å². The second-order valence-corrected chi connectivity index (χ2v) is 9.32. The quantitative estimate of drug-likeness (QED) is 0.369. The van der Waals surface area contributed by atoms with E-state index in [9.17, 15) is 9.90 Å². The number of rotatable bonds is 12. The van der Waals surface area contributed by atoms with Gasteiger partial charge in [-0.2, -0.15) is 0 Å². The Hall–Kier alpha value is -2.09. The molecule has 0 bridgehead atoms. The van der Waals surface area contributed by atoms with Gasteiger partial charge in [0.2, 0.25) is 0 Å². The van der Waals surface area contributed by atoms with E-state index >= 15 is 0 Å². The summed E-state index contributed by atoms with van der Waals surface area (Å²) in [6.07, 6.45) is 8.98. The van der Waals surface area contributed by atoms with Gasteiger partial charge >= 0.3 is 5.97 Å². The fourth-order valence-corrected chi connectivity index (χ4v) is 4.56. The molecule has 0 unspecified atom stereocenters. The van der Waals surface area contributed by atoms with Gasteiger partial charge in [0.25, 0.3) is 0 Å². The second-order valence-electron chi connectivity index (χ2n) is 9.32. The number of carboxylic acids is 1. The van der Waals surface area contributed by atoms with Crippen LogP contribution in [0.15, 0.2) is 36.4 Å². The Kier molecular flexibility index (Phi) is 9.14. The number of carbonyl (C=O) groups is 1. The Morgan fingerprint density at radius 1 is 0.767 bits per heavy atom. The first kappa shape index (κ1) is 24.2. The van der Waals surface area contributed by atoms with Crippen LogP contribution >= 0.6 is 0 Å². The van der Waals surface area contributed by atoms with Crippen molar-refractivity contribution in [2.24, 2.45) is 5.41 Å². The molecule has 0 radical (unpaired) electrons. The molecule has 2 aromatic carbocycles. The lowest BCUT2D eigenvalue weighted by molar-refractivity contribution is -0.149. The van der Waals surface area contributed by atoms with Crippen LogP contribution in [0, 0.1) is 33.1 Å². The van der Waals surface area contributed by atoms with Crippen molar-refractivity contribution in [2.75, 3.05) is 0 Å². The summed E-state index contributed by atoms with van der Waals surface area (Å²) in [4.78, 5) is 12.8. The molecule has 2 nitrogen and oxygen atoms in total. The molecule has 0 aliphatic rings. The molecule has 0 amide bonds. The summed E-state index contributed by atoms with van der Waals surface area (Å²) in [5.74, 6) is -0.656. The van der Waals surface area contributed by atoms with Crippen molar-refractivity contribution in [3.05, 3.63) is 69.8 Å². The molecule has 1 N–H and O–H groups in total. The van der Waals surface area contributed by atoms with Crippen molar-refractivity contribution in [1.82, 2.24) is 0 Å². The maximum atomic E-state index is 12.8. The summed E-state index contributed by atoms with van der Waals surface area (Å²) in [5.41, 5.74) is 6.42. The maximum absolute atomic E-state index is 12.8. The Labute approximate surface area is 183 Å². The molecule has 2 rings (SSSR count). The molecule has 0 aliphatic heterocycles. The van der Waals surface area contributed by atoms with E-state index in [1.807, 2.05) is 0 Å². The summed E-state index contributed by atoms with van der Waals surface area (Å²) in [6, 6.07) is 12.8. The van der Waals surface area contributed by atoms with Crippen LogP contribution in [0.25, 0.3) is 0 Å². The third kappa shape index (κ3) is 6.72. The highest BCUT2D eigenvalue weighted by atomic mass is 16.4. The minimum Gasteiger partial charge on any atom is -0.481 e. The summed E-state index contributed by atoms with van der Waals surface area (Å²) in [5, 5.41) is 10.5. The van der Waals surface area contributed by atoms with E-state index in [1.165, 1.54) is 59.1 Å². The van der Waals surface area contributed by atoms with Gasteiger partial charge in [-0.15, -0.1) is 0 Å². The van der Waals surface area contributed by atoms with Crippen LogP contribution in [-0.4, -0.2) is 11.1 Å². The van der Waals surface area contributed by atoms with E-state index in [4.69, 9.17) is 0 Å². The molecule has 0 spiro atoms. The highest BCUT2D eigenvalue weighted by molar-refractivity contribution is 5.76. The van der Waals surface area contributed by atoms with E-state index in [-0.39, 0.29) is 0 Å². The summed E-state index contributed by atoms with van der Waals surface area (Å²) in [6.45, 7) is 10.6. The lowest BCUT2D eigenvalue weighted by Gasteiger charge is -2.31. The van der Waals surface area contributed by atoms with Gasteiger partial charge in [-0.1, -0.05) is 93.0 Å². The average molecular weight is 409 g/mol. The van der Waals surface area contributed by atoms with Crippen molar-refractivity contribution in [3.63, 3.8) is 0 Å². The van der Waals surface area contributed by atoms with E-state index in [0.717, 1.165) is 19.3 Å². The van der Waals surface area contributed by atoms with Crippen molar-refractivity contribution in [1.29, 1.82) is 0 Å². The summed E-state index contributed by atoms with van der Waals surface area (Å²) >= 11 is 0. The molecule has 0 fully saturated rings. The monoisotopic (exact) mass is 408 g/mol. The molecule has 30 heavy (non-hydrogen) atoms. The molecular formula is C28H40O2. The predicted molar refractivity (Wildman–Crippen MR) is 127 cm³/mol. The fourth-order valence-electron chi connectivity index (χ4n) is 4.56. The Morgan fingerprint density at radius 3 is 1.67 bits per heavy atom. The zero-order chi connectivity index (χ0) is 22.1. The van der Waals surface area contributed by atoms with Crippen molar-refractivity contribution >= 4 is 5.97 Å². The second kappa shape index (κ2) is 11.3. The highest BCUT2D eigenvalue weighted by Gasteiger charge is 2.39. The zero-order valence-corrected chi connectivity index (χ0v) is 19.7. The first-order chi connectivity index (χ1) is 14.3. The average Bonchev–Trinajstić information content (AvgIpc) is 2.68. The van der Waals surface area contributed by atoms with E-state index < -0.39 is 11.4 Å². The fraction of sp³-hybridized carbons (Fsp3) is 0.536. The van der Waals surface area contributed by atoms with E-state index in [1.54, 1.807) is 0 Å². The van der Waals surface area contributed by atoms with Crippen molar-refractivity contribution < 1.29 is 9.90 Å². The van der Waals surface area contributed by atoms with Crippen LogP contribution in [0.5, 0.6) is 0 Å². The number of aryl methyl sites for hydroxylation is 4. The van der Waals surface area contributed by atoms with Crippen LogP contribution in [-0.2, 0) is 17.6 Å². The molecule has 2 aromatic rings. The third-order valence-electron chi connectivity index (χ3n) is 6.52. The molecule has 0 aromatic heterocycles. The summed E-state index contributed by atoms with van der Waals surface area (Å²) < 4.78 is 0. The number of aliphatic carboxylic acids is 1. The highest BCUT2D eigenvalue weighted by Crippen LogP contribution is 2.36. The number of hydrogen-bond donors (Lipinski definition) is 1. The number of hydrogen-bond acceptors (Lipinski definition) is 1. The third-order valence-corrected chi connectivity index (χ3v) is 6.52. The predicted octanol–water partition coefficient (Wildman–Crippen LogP) is 7.53. The molecule has 0 heterocycles. The van der Waals surface area contributed by atoms with Gasteiger partial charge in [-0.05, 0) is 69.2 Å². The lowest BCUT2D eigenvalue weighted by Crippen LogP contribution is -2.36. The normalized spacial score (nSPS) is 11.6. The minimum atomic E-state index is -0.759. The van der Waals surface area contributed by atoms with Crippen LogP contribution in [0.4, 0.5) is 0 Å². The number of carboxylic acid groups (broad SMARTS) is 1. The Balaban J connectivity index is 2.30. The van der Waals surface area contributed by atoms with Gasteiger partial charge < -0.3 is 5.11 Å². The van der Waals surface area contributed by atoms with Crippen molar-refractivity contribution in [2.45, 2.75) is 92.4 Å². The summed E-state index contributed by atoms with van der Waals surface area (Å²) in [7, 11) is 0. The Morgan fingerprint density at radius 2 is 1.23 bits per heavy atom. The smallest absolute Gasteiger partial charge is 0.310 e. The molecular weight excluding hydrogens is 368 g/mol. The minimum absolute atomic E-state index is 0.594. The first-order valence-corrected chi connectivity index (χ1v) is 11.6. The van der Waals surface area contributed by atoms with Gasteiger partial charge in [0.1, 0.15) is 0 Å². The molecule has 0 saturated carbocycles. The first-order valence-electron chi connectivity index (χ1n) is 11.6. The molecule has 164 valence electrons. The van der Waals surface area contributed by atoms with Crippen LogP contribution in [0.2, 0.25) is 0 Å².